The topological polar surface area (TPSA) is 49.4 Å². The third-order valence-corrected chi connectivity index (χ3v) is 5.36. The number of sulfonamides is 1. The van der Waals surface area contributed by atoms with Crippen LogP contribution in [0, 0.1) is 0 Å². The second kappa shape index (κ2) is 6.12. The van der Waals surface area contributed by atoms with E-state index in [0.29, 0.717) is 25.6 Å². The summed E-state index contributed by atoms with van der Waals surface area (Å²) in [4.78, 5) is -0.749. The summed E-state index contributed by atoms with van der Waals surface area (Å²) in [6, 6.07) is 2.71. The molecule has 0 bridgehead atoms. The molecule has 1 aromatic carbocycles. The van der Waals surface area contributed by atoms with Crippen LogP contribution >= 0.6 is 11.6 Å². The van der Waals surface area contributed by atoms with Gasteiger partial charge in [-0.25, -0.2) is 8.42 Å². The molecular formula is C12H14ClF3N2O2S. The Kier molecular flexibility index (Phi) is 4.82. The first-order valence-electron chi connectivity index (χ1n) is 6.30. The van der Waals surface area contributed by atoms with Gasteiger partial charge in [0.05, 0.1) is 10.5 Å². The average Bonchev–Trinajstić information content (AvgIpc) is 2.66. The Morgan fingerprint density at radius 1 is 1.19 bits per heavy atom. The second-order valence-corrected chi connectivity index (χ2v) is 6.99. The van der Waals surface area contributed by atoms with Gasteiger partial charge in [-0.2, -0.15) is 17.5 Å². The number of nitrogens with zero attached hydrogens (tertiary/aromatic N) is 1. The van der Waals surface area contributed by atoms with Gasteiger partial charge in [-0.3, -0.25) is 0 Å². The zero-order chi connectivity index (χ0) is 15.7. The molecule has 0 saturated carbocycles. The molecule has 21 heavy (non-hydrogen) atoms. The van der Waals surface area contributed by atoms with Crippen LogP contribution in [0.15, 0.2) is 23.1 Å². The van der Waals surface area contributed by atoms with Gasteiger partial charge in [-0.15, -0.1) is 0 Å². The minimum Gasteiger partial charge on any atom is -0.315 e. The van der Waals surface area contributed by atoms with E-state index in [-0.39, 0.29) is 18.1 Å². The van der Waals surface area contributed by atoms with Crippen LogP contribution in [0.2, 0.25) is 5.02 Å². The lowest BCUT2D eigenvalue weighted by molar-refractivity contribution is -0.139. The van der Waals surface area contributed by atoms with E-state index in [1.807, 2.05) is 0 Å². The van der Waals surface area contributed by atoms with Crippen molar-refractivity contribution in [1.82, 2.24) is 9.62 Å². The molecule has 9 heteroatoms. The summed E-state index contributed by atoms with van der Waals surface area (Å²) in [6.07, 6.45) is -4.23. The molecule has 0 atom stereocenters. The van der Waals surface area contributed by atoms with E-state index < -0.39 is 26.7 Å². The number of hydrogen-bond acceptors (Lipinski definition) is 3. The lowest BCUT2D eigenvalue weighted by atomic mass is 10.2. The molecule has 0 amide bonds. The van der Waals surface area contributed by atoms with Gasteiger partial charge in [-0.05, 0) is 31.2 Å². The molecule has 0 radical (unpaired) electrons. The van der Waals surface area contributed by atoms with Crippen LogP contribution in [0.3, 0.4) is 0 Å². The predicted octanol–water partition coefficient (Wildman–Crippen LogP) is 2.34. The van der Waals surface area contributed by atoms with E-state index in [1.54, 1.807) is 0 Å². The van der Waals surface area contributed by atoms with Crippen molar-refractivity contribution < 1.29 is 21.6 Å². The first-order chi connectivity index (χ1) is 9.73. The zero-order valence-corrected chi connectivity index (χ0v) is 12.5. The van der Waals surface area contributed by atoms with Gasteiger partial charge in [0.2, 0.25) is 10.0 Å². The fourth-order valence-corrected chi connectivity index (χ4v) is 3.99. The van der Waals surface area contributed by atoms with Crippen molar-refractivity contribution in [3.05, 3.63) is 28.8 Å². The van der Waals surface area contributed by atoms with Crippen LogP contribution in [0.5, 0.6) is 0 Å². The largest absolute Gasteiger partial charge is 0.417 e. The summed E-state index contributed by atoms with van der Waals surface area (Å²) < 4.78 is 65.2. The highest BCUT2D eigenvalue weighted by atomic mass is 35.5. The molecule has 1 saturated heterocycles. The molecule has 1 fully saturated rings. The highest BCUT2D eigenvalue weighted by Gasteiger charge is 2.39. The van der Waals surface area contributed by atoms with Crippen LogP contribution in [0.4, 0.5) is 13.2 Å². The molecule has 1 N–H and O–H groups in total. The van der Waals surface area contributed by atoms with E-state index >= 15 is 0 Å². The Bertz CT molecular complexity index is 611. The van der Waals surface area contributed by atoms with E-state index in [4.69, 9.17) is 11.6 Å². The maximum absolute atomic E-state index is 13.1. The van der Waals surface area contributed by atoms with Crippen molar-refractivity contribution in [2.24, 2.45) is 0 Å². The highest BCUT2D eigenvalue weighted by molar-refractivity contribution is 7.89. The molecule has 4 nitrogen and oxygen atoms in total. The van der Waals surface area contributed by atoms with Gasteiger partial charge in [0.25, 0.3) is 0 Å². The average molecular weight is 343 g/mol. The summed E-state index contributed by atoms with van der Waals surface area (Å²) in [5.41, 5.74) is -1.23. The van der Waals surface area contributed by atoms with E-state index in [0.717, 1.165) is 16.4 Å². The van der Waals surface area contributed by atoms with Crippen molar-refractivity contribution in [2.45, 2.75) is 17.5 Å². The number of benzene rings is 1. The fraction of sp³-hybridized carbons (Fsp3) is 0.500. The van der Waals surface area contributed by atoms with Crippen molar-refractivity contribution in [3.8, 4) is 0 Å². The minimum atomic E-state index is -4.78. The molecule has 2 rings (SSSR count). The number of hydrogen-bond donors (Lipinski definition) is 1. The van der Waals surface area contributed by atoms with Gasteiger partial charge < -0.3 is 5.32 Å². The predicted molar refractivity (Wildman–Crippen MR) is 72.7 cm³/mol. The first-order valence-corrected chi connectivity index (χ1v) is 8.12. The summed E-state index contributed by atoms with van der Waals surface area (Å²) in [5, 5.41) is 2.85. The SMILES string of the molecule is O=S(=O)(c1ccc(Cl)cc1C(F)(F)F)N1CCCNCC1. The number of alkyl halides is 3. The quantitative estimate of drug-likeness (QED) is 0.897. The van der Waals surface area contributed by atoms with E-state index in [9.17, 15) is 21.6 Å². The third-order valence-electron chi connectivity index (χ3n) is 3.16. The van der Waals surface area contributed by atoms with Crippen LogP contribution in [-0.4, -0.2) is 38.9 Å². The van der Waals surface area contributed by atoms with Crippen molar-refractivity contribution in [2.75, 3.05) is 26.2 Å². The Hall–Kier alpha value is -0.830. The molecule has 118 valence electrons. The summed E-state index contributed by atoms with van der Waals surface area (Å²) in [5.74, 6) is 0. The third kappa shape index (κ3) is 3.68. The van der Waals surface area contributed by atoms with Crippen LogP contribution in [-0.2, 0) is 16.2 Å². The lowest BCUT2D eigenvalue weighted by Crippen LogP contribution is -2.35. The molecule has 1 aromatic rings. The molecule has 1 aliphatic rings. The van der Waals surface area contributed by atoms with Crippen LogP contribution < -0.4 is 5.32 Å². The maximum atomic E-state index is 13.1. The molecule has 1 heterocycles. The molecular weight excluding hydrogens is 329 g/mol. The van der Waals surface area contributed by atoms with Gasteiger partial charge in [0, 0.05) is 24.7 Å². The Labute approximate surface area is 125 Å². The Morgan fingerprint density at radius 3 is 2.57 bits per heavy atom. The smallest absolute Gasteiger partial charge is 0.315 e. The molecule has 0 unspecified atom stereocenters. The van der Waals surface area contributed by atoms with E-state index in [1.165, 1.54) is 0 Å². The summed E-state index contributed by atoms with van der Waals surface area (Å²) in [7, 11) is -4.20. The maximum Gasteiger partial charge on any atom is 0.417 e. The number of nitrogens with one attached hydrogen (secondary N) is 1. The van der Waals surface area contributed by atoms with Crippen molar-refractivity contribution >= 4 is 21.6 Å². The highest BCUT2D eigenvalue weighted by Crippen LogP contribution is 2.36. The summed E-state index contributed by atoms with van der Waals surface area (Å²) >= 11 is 5.57. The molecule has 0 aromatic heterocycles. The Balaban J connectivity index is 2.49. The van der Waals surface area contributed by atoms with Gasteiger partial charge in [0.1, 0.15) is 0 Å². The summed E-state index contributed by atoms with van der Waals surface area (Å²) in [6.45, 7) is 1.38. The molecule has 0 aliphatic carbocycles. The lowest BCUT2D eigenvalue weighted by Gasteiger charge is -2.22. The monoisotopic (exact) mass is 342 g/mol. The molecule has 1 aliphatic heterocycles. The Morgan fingerprint density at radius 2 is 1.90 bits per heavy atom. The normalized spacial score (nSPS) is 18.5. The van der Waals surface area contributed by atoms with E-state index in [2.05, 4.69) is 5.32 Å². The molecule has 0 spiro atoms. The zero-order valence-electron chi connectivity index (χ0n) is 11.0. The fourth-order valence-electron chi connectivity index (χ4n) is 2.15. The van der Waals surface area contributed by atoms with Gasteiger partial charge >= 0.3 is 6.18 Å². The van der Waals surface area contributed by atoms with Gasteiger partial charge in [-0.1, -0.05) is 11.6 Å². The van der Waals surface area contributed by atoms with Crippen molar-refractivity contribution in [3.63, 3.8) is 0 Å². The van der Waals surface area contributed by atoms with Crippen molar-refractivity contribution in [1.29, 1.82) is 0 Å². The first kappa shape index (κ1) is 16.5. The number of rotatable bonds is 2. The minimum absolute atomic E-state index is 0.141. The second-order valence-electron chi connectivity index (χ2n) is 4.65. The standard InChI is InChI=1S/C12H14ClF3N2O2S/c13-9-2-3-11(10(8-9)12(14,15)16)21(19,20)18-6-1-4-17-5-7-18/h2-3,8,17H,1,4-7H2. The number of halogens is 4. The van der Waals surface area contributed by atoms with Crippen LogP contribution in [0.1, 0.15) is 12.0 Å². The van der Waals surface area contributed by atoms with Gasteiger partial charge in [0.15, 0.2) is 0 Å². The van der Waals surface area contributed by atoms with Crippen LogP contribution in [0.25, 0.3) is 0 Å².